The van der Waals surface area contributed by atoms with Crippen molar-refractivity contribution in [2.45, 2.75) is 0 Å². The van der Waals surface area contributed by atoms with Crippen LogP contribution in [0.15, 0.2) is 46.9 Å². The molecule has 1 amide bonds. The summed E-state index contributed by atoms with van der Waals surface area (Å²) >= 11 is 0. The highest BCUT2D eigenvalue weighted by Gasteiger charge is 2.26. The van der Waals surface area contributed by atoms with Crippen LogP contribution in [0.2, 0.25) is 0 Å². The van der Waals surface area contributed by atoms with Crippen LogP contribution in [0.4, 0.5) is 16.1 Å². The van der Waals surface area contributed by atoms with Gasteiger partial charge in [-0.25, -0.2) is 4.39 Å². The number of aromatic nitrogens is 1. The van der Waals surface area contributed by atoms with Gasteiger partial charge in [0.25, 0.3) is 11.9 Å². The molecule has 0 spiro atoms. The lowest BCUT2D eigenvalue weighted by Gasteiger charge is -2.34. The Labute approximate surface area is 156 Å². The largest absolute Gasteiger partial charge is 0.423 e. The summed E-state index contributed by atoms with van der Waals surface area (Å²) < 4.78 is 20.2. The van der Waals surface area contributed by atoms with Crippen molar-refractivity contribution in [1.82, 2.24) is 9.88 Å². The third-order valence-corrected chi connectivity index (χ3v) is 4.82. The van der Waals surface area contributed by atoms with E-state index in [2.05, 4.69) is 4.98 Å². The minimum absolute atomic E-state index is 0.107. The summed E-state index contributed by atoms with van der Waals surface area (Å²) in [6.07, 6.45) is 0. The van der Waals surface area contributed by atoms with E-state index in [1.165, 1.54) is 6.07 Å². The van der Waals surface area contributed by atoms with Gasteiger partial charge in [0, 0.05) is 46.0 Å². The molecule has 1 saturated heterocycles. The van der Waals surface area contributed by atoms with E-state index < -0.39 is 5.82 Å². The van der Waals surface area contributed by atoms with E-state index in [0.29, 0.717) is 32.2 Å². The summed E-state index contributed by atoms with van der Waals surface area (Å²) in [6.45, 7) is 2.17. The molecular weight excluding hydrogens is 347 g/mol. The Balaban J connectivity index is 1.45. The van der Waals surface area contributed by atoms with Gasteiger partial charge in [0.05, 0.1) is 5.56 Å². The summed E-state index contributed by atoms with van der Waals surface area (Å²) in [6, 6.07) is 12.9. The Bertz CT molecular complexity index is 944. The van der Waals surface area contributed by atoms with Crippen molar-refractivity contribution in [2.24, 2.45) is 0 Å². The number of fused-ring (bicyclic) bond motifs is 1. The van der Waals surface area contributed by atoms with Gasteiger partial charge < -0.3 is 19.1 Å². The first kappa shape index (κ1) is 17.3. The van der Waals surface area contributed by atoms with Gasteiger partial charge in [-0.3, -0.25) is 4.79 Å². The Morgan fingerprint density at radius 2 is 1.85 bits per heavy atom. The number of hydrogen-bond donors (Lipinski definition) is 0. The standard InChI is InChI=1S/C20H21FN4O2/c1-23(2)14-7-8-15(16(21)13-14)19(26)24-9-11-25(12-10-24)20-22-17-5-3-4-6-18(17)27-20/h3-8,13H,9-12H2,1-2H3. The predicted octanol–water partition coefficient (Wildman–Crippen LogP) is 3.00. The molecule has 0 aliphatic carbocycles. The molecule has 6 nitrogen and oxygen atoms in total. The van der Waals surface area contributed by atoms with E-state index in [9.17, 15) is 9.18 Å². The van der Waals surface area contributed by atoms with Crippen molar-refractivity contribution in [1.29, 1.82) is 0 Å². The second-order valence-corrected chi connectivity index (χ2v) is 6.80. The average Bonchev–Trinajstić information content (AvgIpc) is 3.11. The molecule has 0 unspecified atom stereocenters. The third-order valence-electron chi connectivity index (χ3n) is 4.82. The molecule has 27 heavy (non-hydrogen) atoms. The Kier molecular flexibility index (Phi) is 4.43. The zero-order valence-corrected chi connectivity index (χ0v) is 15.4. The van der Waals surface area contributed by atoms with Crippen LogP contribution in [-0.4, -0.2) is 56.1 Å². The first-order valence-electron chi connectivity index (χ1n) is 8.89. The molecule has 0 N–H and O–H groups in total. The number of carbonyl (C=O) groups is 1. The Morgan fingerprint density at radius 1 is 1.11 bits per heavy atom. The molecule has 0 saturated carbocycles. The molecular formula is C20H21FN4O2. The lowest BCUT2D eigenvalue weighted by atomic mass is 10.1. The summed E-state index contributed by atoms with van der Waals surface area (Å²) in [5, 5.41) is 0. The van der Waals surface area contributed by atoms with Crippen molar-refractivity contribution < 1.29 is 13.6 Å². The monoisotopic (exact) mass is 368 g/mol. The number of para-hydroxylation sites is 2. The maximum Gasteiger partial charge on any atom is 0.298 e. The Morgan fingerprint density at radius 3 is 2.52 bits per heavy atom. The van der Waals surface area contributed by atoms with Crippen molar-refractivity contribution in [3.05, 3.63) is 53.8 Å². The molecule has 1 aromatic heterocycles. The van der Waals surface area contributed by atoms with E-state index in [4.69, 9.17) is 4.42 Å². The molecule has 2 heterocycles. The van der Waals surface area contributed by atoms with Crippen LogP contribution in [0.1, 0.15) is 10.4 Å². The van der Waals surface area contributed by atoms with Gasteiger partial charge in [-0.15, -0.1) is 0 Å². The van der Waals surface area contributed by atoms with Gasteiger partial charge in [-0.2, -0.15) is 4.98 Å². The molecule has 2 aromatic carbocycles. The highest BCUT2D eigenvalue weighted by Crippen LogP contribution is 2.23. The van der Waals surface area contributed by atoms with Gasteiger partial charge in [0.15, 0.2) is 5.58 Å². The summed E-state index contributed by atoms with van der Waals surface area (Å²) in [7, 11) is 3.67. The van der Waals surface area contributed by atoms with Gasteiger partial charge >= 0.3 is 0 Å². The quantitative estimate of drug-likeness (QED) is 0.711. The maximum atomic E-state index is 14.4. The fourth-order valence-electron chi connectivity index (χ4n) is 3.22. The molecule has 0 atom stereocenters. The second kappa shape index (κ2) is 6.90. The van der Waals surface area contributed by atoms with Crippen molar-refractivity contribution >= 4 is 28.7 Å². The van der Waals surface area contributed by atoms with Crippen molar-refractivity contribution in [3.8, 4) is 0 Å². The normalized spacial score (nSPS) is 14.6. The maximum absolute atomic E-state index is 14.4. The number of benzene rings is 2. The fraction of sp³-hybridized carbons (Fsp3) is 0.300. The molecule has 3 aromatic rings. The molecule has 1 aliphatic rings. The van der Waals surface area contributed by atoms with Crippen LogP contribution in [0.3, 0.4) is 0 Å². The van der Waals surface area contributed by atoms with Crippen molar-refractivity contribution in [2.75, 3.05) is 50.1 Å². The third kappa shape index (κ3) is 3.32. The molecule has 7 heteroatoms. The molecule has 0 bridgehead atoms. The van der Waals surface area contributed by atoms with Crippen LogP contribution < -0.4 is 9.80 Å². The zero-order chi connectivity index (χ0) is 19.0. The minimum Gasteiger partial charge on any atom is -0.423 e. The number of piperazine rings is 1. The highest BCUT2D eigenvalue weighted by molar-refractivity contribution is 5.95. The number of halogens is 1. The van der Waals surface area contributed by atoms with Crippen LogP contribution in [-0.2, 0) is 0 Å². The van der Waals surface area contributed by atoms with E-state index in [1.54, 1.807) is 21.9 Å². The number of hydrogen-bond acceptors (Lipinski definition) is 5. The number of nitrogens with zero attached hydrogens (tertiary/aromatic N) is 4. The smallest absolute Gasteiger partial charge is 0.298 e. The number of rotatable bonds is 3. The van der Waals surface area contributed by atoms with E-state index in [0.717, 1.165) is 16.8 Å². The average molecular weight is 368 g/mol. The second-order valence-electron chi connectivity index (χ2n) is 6.80. The highest BCUT2D eigenvalue weighted by atomic mass is 19.1. The number of carbonyl (C=O) groups excluding carboxylic acids is 1. The summed E-state index contributed by atoms with van der Waals surface area (Å²) in [5.74, 6) is -0.775. The predicted molar refractivity (Wildman–Crippen MR) is 103 cm³/mol. The molecule has 1 fully saturated rings. The lowest BCUT2D eigenvalue weighted by Crippen LogP contribution is -2.49. The first-order valence-corrected chi connectivity index (χ1v) is 8.89. The van der Waals surface area contributed by atoms with E-state index >= 15 is 0 Å². The van der Waals surface area contributed by atoms with E-state index in [-0.39, 0.29) is 11.5 Å². The number of oxazole rings is 1. The van der Waals surface area contributed by atoms with E-state index in [1.807, 2.05) is 43.3 Å². The van der Waals surface area contributed by atoms with Gasteiger partial charge in [-0.05, 0) is 30.3 Å². The number of anilines is 2. The minimum atomic E-state index is -0.493. The lowest BCUT2D eigenvalue weighted by molar-refractivity contribution is 0.0740. The topological polar surface area (TPSA) is 52.8 Å². The molecule has 4 rings (SSSR count). The van der Waals surface area contributed by atoms with Crippen LogP contribution in [0.5, 0.6) is 0 Å². The van der Waals surface area contributed by atoms with Gasteiger partial charge in [0.1, 0.15) is 11.3 Å². The number of amides is 1. The molecule has 1 aliphatic heterocycles. The van der Waals surface area contributed by atoms with Crippen molar-refractivity contribution in [3.63, 3.8) is 0 Å². The molecule has 0 radical (unpaired) electrons. The fourth-order valence-corrected chi connectivity index (χ4v) is 3.22. The Hall–Kier alpha value is -3.09. The zero-order valence-electron chi connectivity index (χ0n) is 15.4. The van der Waals surface area contributed by atoms with Crippen LogP contribution in [0, 0.1) is 5.82 Å². The van der Waals surface area contributed by atoms with Crippen LogP contribution in [0.25, 0.3) is 11.1 Å². The summed E-state index contributed by atoms with van der Waals surface area (Å²) in [5.41, 5.74) is 2.39. The first-order chi connectivity index (χ1) is 13.0. The molecule has 140 valence electrons. The van der Waals surface area contributed by atoms with Gasteiger partial charge in [-0.1, -0.05) is 12.1 Å². The van der Waals surface area contributed by atoms with Crippen LogP contribution >= 0.6 is 0 Å². The van der Waals surface area contributed by atoms with Gasteiger partial charge in [0.2, 0.25) is 0 Å². The summed E-state index contributed by atoms with van der Waals surface area (Å²) in [4.78, 5) is 22.7. The SMILES string of the molecule is CN(C)c1ccc(C(=O)N2CCN(c3nc4ccccc4o3)CC2)c(F)c1.